The molecule has 0 saturated carbocycles. The van der Waals surface area contributed by atoms with Gasteiger partial charge in [-0.15, -0.1) is 0 Å². The molecule has 0 saturated heterocycles. The molecule has 0 N–H and O–H groups in total. The minimum Gasteiger partial charge on any atom is 0 e. The zero-order chi connectivity index (χ0) is 2.00. The summed E-state index contributed by atoms with van der Waals surface area (Å²) >= 11 is 3.58. The molecule has 4 heavy (non-hydrogen) atoms. The Morgan fingerprint density at radius 1 is 1.25 bits per heavy atom. The van der Waals surface area contributed by atoms with Crippen molar-refractivity contribution in [1.82, 2.24) is 0 Å². The van der Waals surface area contributed by atoms with Gasteiger partial charge in [0, 0.05) is 33.3 Å². The van der Waals surface area contributed by atoms with Gasteiger partial charge in [0.2, 0.25) is 0 Å². The molecule has 0 bridgehead atoms. The van der Waals surface area contributed by atoms with E-state index in [4.69, 9.17) is 0 Å². The summed E-state index contributed by atoms with van der Waals surface area (Å²) < 4.78 is 0. The predicted molar refractivity (Wildman–Crippen MR) is 13.3 cm³/mol. The first-order valence-corrected chi connectivity index (χ1v) is 0.707. The first kappa shape index (κ1) is 18.6. The standard InChI is InChI=1S/BS.Co.Ni/c1-2;;. The summed E-state index contributed by atoms with van der Waals surface area (Å²) in [7, 11) is 0. The van der Waals surface area contributed by atoms with E-state index in [9.17, 15) is 0 Å². The molecule has 0 rings (SSSR count). The van der Waals surface area contributed by atoms with Gasteiger partial charge in [-0.05, 0) is 0 Å². The van der Waals surface area contributed by atoms with Crippen LogP contribution in [0.25, 0.3) is 0 Å². The second-order valence-corrected chi connectivity index (χ2v) is 0. The van der Waals surface area contributed by atoms with Crippen molar-refractivity contribution in [3.8, 4) is 0 Å². The first-order valence-electron chi connectivity index (χ1n) is 0.236. The van der Waals surface area contributed by atoms with Crippen molar-refractivity contribution in [1.29, 1.82) is 0 Å². The van der Waals surface area contributed by atoms with Gasteiger partial charge in [0.1, 0.15) is 0 Å². The Bertz CT molecular complexity index is 8.00. The summed E-state index contributed by atoms with van der Waals surface area (Å²) in [4.78, 5) is 0. The van der Waals surface area contributed by atoms with Gasteiger partial charge in [0.25, 0.3) is 0 Å². The number of rotatable bonds is 0. The van der Waals surface area contributed by atoms with Crippen LogP contribution in [-0.2, 0) is 33.3 Å². The average Bonchev–Trinajstić information content (AvgIpc) is 1.00. The third kappa shape index (κ3) is 10.4. The fraction of sp³-hybridized carbons (Fsp3) is 0. The van der Waals surface area contributed by atoms with Crippen LogP contribution in [0.15, 0.2) is 0 Å². The van der Waals surface area contributed by atoms with Crippen molar-refractivity contribution in [3.05, 3.63) is 0 Å². The molecule has 0 aliphatic rings. The van der Waals surface area contributed by atoms with E-state index >= 15 is 0 Å². The second-order valence-electron chi connectivity index (χ2n) is 0. The topological polar surface area (TPSA) is 0 Å². The van der Waals surface area contributed by atoms with Gasteiger partial charge >= 0.3 is 18.8 Å². The quantitative estimate of drug-likeness (QED) is 0.458. The maximum Gasteiger partial charge on any atom is 0 e. The normalized spacial score (nSPS) is 0.750. The molecule has 0 unspecified atom stereocenters. The number of hydrogen-bond donors (Lipinski definition) is 0. The van der Waals surface area contributed by atoms with Crippen molar-refractivity contribution in [2.24, 2.45) is 0 Å². The Morgan fingerprint density at radius 2 is 1.25 bits per heavy atom. The van der Waals surface area contributed by atoms with Crippen LogP contribution in [0.4, 0.5) is 0 Å². The zero-order valence-electron chi connectivity index (χ0n) is 1.64. The molecule has 2 radical (unpaired) electrons. The Hall–Kier alpha value is 1.28. The Labute approximate surface area is 52.1 Å². The Balaban J connectivity index is -0.00000000500. The van der Waals surface area contributed by atoms with E-state index in [0.717, 1.165) is 0 Å². The van der Waals surface area contributed by atoms with Crippen LogP contribution >= 0.6 is 12.1 Å². The molecule has 0 heterocycles. The fourth-order valence-electron chi connectivity index (χ4n) is 0. The van der Waals surface area contributed by atoms with E-state index in [0.29, 0.717) is 0 Å². The largest absolute Gasteiger partial charge is 0 e. The molecule has 0 atom stereocenters. The van der Waals surface area contributed by atoms with Crippen LogP contribution in [0.3, 0.4) is 0 Å². The van der Waals surface area contributed by atoms with Crippen LogP contribution in [0.1, 0.15) is 0 Å². The van der Waals surface area contributed by atoms with Gasteiger partial charge in [0.15, 0.2) is 0 Å². The Morgan fingerprint density at radius 3 is 1.25 bits per heavy atom. The second kappa shape index (κ2) is 28.0. The molecule has 0 aliphatic heterocycles. The molecular formula is BCoNiS. The predicted octanol–water partition coefficient (Wildman–Crippen LogP) is 0.262. The minimum atomic E-state index is 0. The molecule has 0 fully saturated rings. The monoisotopic (exact) mass is 160 g/mol. The molecule has 0 spiro atoms. The van der Waals surface area contributed by atoms with Crippen molar-refractivity contribution in [2.75, 3.05) is 0 Å². The molecule has 0 amide bonds. The maximum atomic E-state index is 4.08. The summed E-state index contributed by atoms with van der Waals surface area (Å²) in [5.41, 5.74) is 0. The number of hydrogen-bond acceptors (Lipinski definition) is 1. The third-order valence-electron chi connectivity index (χ3n) is 0. The van der Waals surface area contributed by atoms with Gasteiger partial charge in [-0.3, -0.25) is 0 Å². The van der Waals surface area contributed by atoms with E-state index in [2.05, 4.69) is 18.8 Å². The van der Waals surface area contributed by atoms with E-state index < -0.39 is 0 Å². The molecule has 0 aromatic rings. The molecular weight excluding hydrogens is 161 g/mol. The minimum absolute atomic E-state index is 0. The van der Waals surface area contributed by atoms with Crippen LogP contribution in [0, 0.1) is 0 Å². The van der Waals surface area contributed by atoms with Crippen molar-refractivity contribution in [3.63, 3.8) is 0 Å². The summed E-state index contributed by atoms with van der Waals surface area (Å²) in [6.07, 6.45) is 0. The van der Waals surface area contributed by atoms with Crippen molar-refractivity contribution < 1.29 is 33.3 Å². The van der Waals surface area contributed by atoms with E-state index in [1.54, 1.807) is 0 Å². The van der Waals surface area contributed by atoms with E-state index in [-0.39, 0.29) is 33.3 Å². The smallest absolute Gasteiger partial charge is 0 e. The average molecular weight is 161 g/mol. The van der Waals surface area contributed by atoms with Crippen LogP contribution in [-0.4, -0.2) is 6.72 Å². The van der Waals surface area contributed by atoms with Crippen LogP contribution < -0.4 is 0 Å². The third-order valence-corrected chi connectivity index (χ3v) is 0. The van der Waals surface area contributed by atoms with Gasteiger partial charge < -0.3 is 0 Å². The fourth-order valence-corrected chi connectivity index (χ4v) is 0. The van der Waals surface area contributed by atoms with Crippen LogP contribution in [0.2, 0.25) is 0 Å². The van der Waals surface area contributed by atoms with Gasteiger partial charge in [-0.2, -0.15) is 0 Å². The van der Waals surface area contributed by atoms with E-state index in [1.165, 1.54) is 0 Å². The van der Waals surface area contributed by atoms with Crippen molar-refractivity contribution >= 4 is 18.8 Å². The molecule has 0 aliphatic carbocycles. The zero-order valence-corrected chi connectivity index (χ0v) is 4.48. The summed E-state index contributed by atoms with van der Waals surface area (Å²) in [6, 6.07) is 0. The molecule has 28 valence electrons. The molecule has 4 heteroatoms. The summed E-state index contributed by atoms with van der Waals surface area (Å²) in [5.74, 6) is 0. The SMILES string of the molecule is [B]=S.[Co].[Ni]. The van der Waals surface area contributed by atoms with Crippen LogP contribution in [0.5, 0.6) is 0 Å². The molecule has 0 nitrogen and oxygen atoms in total. The van der Waals surface area contributed by atoms with Gasteiger partial charge in [-0.1, -0.05) is 0 Å². The van der Waals surface area contributed by atoms with Gasteiger partial charge in [0.05, 0.1) is 0 Å². The van der Waals surface area contributed by atoms with Crippen molar-refractivity contribution in [2.45, 2.75) is 0 Å². The summed E-state index contributed by atoms with van der Waals surface area (Å²) in [5, 5.41) is 0. The van der Waals surface area contributed by atoms with Gasteiger partial charge in [-0.25, -0.2) is 0 Å². The molecule has 0 aromatic heterocycles. The maximum absolute atomic E-state index is 4.08. The Kier molecular flexibility index (Phi) is 130. The van der Waals surface area contributed by atoms with E-state index in [1.807, 2.05) is 0 Å². The first-order chi connectivity index (χ1) is 1.00. The molecule has 0 aromatic carbocycles. The summed E-state index contributed by atoms with van der Waals surface area (Å²) in [6.45, 7) is 4.08.